The number of hydrogen-bond acceptors (Lipinski definition) is 3. The summed E-state index contributed by atoms with van der Waals surface area (Å²) < 4.78 is 0. The molecular weight excluding hydrogens is 252 g/mol. The molecule has 0 unspecified atom stereocenters. The molecule has 1 saturated heterocycles. The topological polar surface area (TPSA) is 40.6 Å². The zero-order valence-electron chi connectivity index (χ0n) is 12.3. The molecule has 0 aliphatic carbocycles. The average Bonchev–Trinajstić information content (AvgIpc) is 2.44. The van der Waals surface area contributed by atoms with Crippen LogP contribution in [-0.2, 0) is 11.2 Å². The molecule has 2 rings (SSSR count). The Morgan fingerprint density at radius 2 is 1.90 bits per heavy atom. The van der Waals surface area contributed by atoms with Crippen LogP contribution in [0.4, 0.5) is 0 Å². The summed E-state index contributed by atoms with van der Waals surface area (Å²) in [5, 5.41) is 0. The monoisotopic (exact) mass is 274 g/mol. The van der Waals surface area contributed by atoms with Gasteiger partial charge in [0, 0.05) is 25.7 Å². The summed E-state index contributed by atoms with van der Waals surface area (Å²) in [4.78, 5) is 27.4. The van der Waals surface area contributed by atoms with E-state index in [9.17, 15) is 9.59 Å². The zero-order chi connectivity index (χ0) is 14.5. The van der Waals surface area contributed by atoms with E-state index >= 15 is 0 Å². The Hall–Kier alpha value is -1.68. The number of carbonyl (C=O) groups excluding carboxylic acids is 2. The second-order valence-electron chi connectivity index (χ2n) is 5.40. The van der Waals surface area contributed by atoms with Crippen molar-refractivity contribution in [1.82, 2.24) is 9.80 Å². The maximum Gasteiger partial charge on any atom is 0.236 e. The molecule has 4 heteroatoms. The summed E-state index contributed by atoms with van der Waals surface area (Å²) in [5.41, 5.74) is 2.00. The number of ketones is 1. The maximum absolute atomic E-state index is 12.2. The van der Waals surface area contributed by atoms with E-state index in [0.717, 1.165) is 24.9 Å². The predicted octanol–water partition coefficient (Wildman–Crippen LogP) is 1.60. The van der Waals surface area contributed by atoms with E-state index in [1.165, 1.54) is 5.56 Å². The van der Waals surface area contributed by atoms with Crippen molar-refractivity contribution in [1.29, 1.82) is 0 Å². The highest BCUT2D eigenvalue weighted by molar-refractivity contribution is 5.98. The van der Waals surface area contributed by atoms with Gasteiger partial charge in [0.05, 0.1) is 13.1 Å². The summed E-state index contributed by atoms with van der Waals surface area (Å²) in [5.74, 6) is 0.174. The van der Waals surface area contributed by atoms with Gasteiger partial charge in [-0.2, -0.15) is 0 Å². The predicted molar refractivity (Wildman–Crippen MR) is 78.8 cm³/mol. The summed E-state index contributed by atoms with van der Waals surface area (Å²) in [6.45, 7) is 4.27. The fraction of sp³-hybridized carbons (Fsp3) is 0.500. The van der Waals surface area contributed by atoms with Crippen molar-refractivity contribution < 1.29 is 9.59 Å². The van der Waals surface area contributed by atoms with E-state index in [1.807, 2.05) is 29.2 Å². The highest BCUT2D eigenvalue weighted by Gasteiger charge is 2.22. The molecule has 1 amide bonds. The van der Waals surface area contributed by atoms with Crippen LogP contribution >= 0.6 is 0 Å². The number of carbonyl (C=O) groups is 2. The third kappa shape index (κ3) is 3.67. The van der Waals surface area contributed by atoms with Gasteiger partial charge in [-0.3, -0.25) is 14.5 Å². The van der Waals surface area contributed by atoms with Crippen LogP contribution in [0, 0.1) is 0 Å². The lowest BCUT2D eigenvalue weighted by molar-refractivity contribution is -0.134. The van der Waals surface area contributed by atoms with Crippen LogP contribution in [0.1, 0.15) is 29.3 Å². The molecule has 0 bridgehead atoms. The zero-order valence-corrected chi connectivity index (χ0v) is 12.3. The summed E-state index contributed by atoms with van der Waals surface area (Å²) in [6.07, 6.45) is 2.15. The number of piperazine rings is 1. The van der Waals surface area contributed by atoms with Gasteiger partial charge in [0.25, 0.3) is 0 Å². The van der Waals surface area contributed by atoms with Crippen molar-refractivity contribution in [3.8, 4) is 0 Å². The van der Waals surface area contributed by atoms with E-state index in [2.05, 4.69) is 6.92 Å². The van der Waals surface area contributed by atoms with E-state index in [4.69, 9.17) is 0 Å². The number of rotatable bonds is 5. The third-order valence-corrected chi connectivity index (χ3v) is 3.72. The van der Waals surface area contributed by atoms with Gasteiger partial charge >= 0.3 is 0 Å². The molecule has 0 spiro atoms. The normalized spacial score (nSPS) is 16.5. The Morgan fingerprint density at radius 1 is 1.20 bits per heavy atom. The Labute approximate surface area is 120 Å². The fourth-order valence-corrected chi connectivity index (χ4v) is 2.38. The highest BCUT2D eigenvalue weighted by atomic mass is 16.2. The first-order chi connectivity index (χ1) is 9.60. The molecule has 4 nitrogen and oxygen atoms in total. The van der Waals surface area contributed by atoms with Crippen molar-refractivity contribution in [2.24, 2.45) is 0 Å². The molecule has 0 radical (unpaired) electrons. The Morgan fingerprint density at radius 3 is 2.50 bits per heavy atom. The molecular formula is C16H22N2O2. The molecule has 1 aliphatic heterocycles. The summed E-state index contributed by atoms with van der Waals surface area (Å²) in [7, 11) is 1.80. The summed E-state index contributed by atoms with van der Waals surface area (Å²) >= 11 is 0. The number of hydrogen-bond donors (Lipinski definition) is 0. The molecule has 20 heavy (non-hydrogen) atoms. The minimum atomic E-state index is 0.0855. The molecule has 108 valence electrons. The maximum atomic E-state index is 12.2. The number of Topliss-reactive ketones (excluding diaryl/α,β-unsaturated/α-hetero) is 1. The van der Waals surface area contributed by atoms with E-state index in [0.29, 0.717) is 19.6 Å². The second-order valence-corrected chi connectivity index (χ2v) is 5.40. The lowest BCUT2D eigenvalue weighted by atomic mass is 10.0. The van der Waals surface area contributed by atoms with E-state index in [-0.39, 0.29) is 11.7 Å². The minimum Gasteiger partial charge on any atom is -0.343 e. The molecule has 0 saturated carbocycles. The molecule has 1 aromatic carbocycles. The van der Waals surface area contributed by atoms with E-state index < -0.39 is 0 Å². The quantitative estimate of drug-likeness (QED) is 0.766. The number of amides is 1. The molecule has 0 atom stereocenters. The first-order valence-corrected chi connectivity index (χ1v) is 7.18. The van der Waals surface area contributed by atoms with Crippen LogP contribution in [0.2, 0.25) is 0 Å². The van der Waals surface area contributed by atoms with Crippen molar-refractivity contribution in [3.05, 3.63) is 35.4 Å². The van der Waals surface area contributed by atoms with Crippen LogP contribution in [0.3, 0.4) is 0 Å². The Kier molecular flexibility index (Phi) is 4.90. The molecule has 0 N–H and O–H groups in total. The van der Waals surface area contributed by atoms with Crippen molar-refractivity contribution in [2.45, 2.75) is 19.8 Å². The second kappa shape index (κ2) is 6.66. The smallest absolute Gasteiger partial charge is 0.236 e. The first kappa shape index (κ1) is 14.7. The number of benzene rings is 1. The highest BCUT2D eigenvalue weighted by Crippen LogP contribution is 2.09. The molecule has 1 aromatic rings. The molecule has 1 aliphatic rings. The van der Waals surface area contributed by atoms with Crippen LogP contribution in [0.5, 0.6) is 0 Å². The Bertz CT molecular complexity index is 482. The average molecular weight is 274 g/mol. The lowest BCUT2D eigenvalue weighted by Gasteiger charge is -2.31. The van der Waals surface area contributed by atoms with Gasteiger partial charge in [-0.25, -0.2) is 0 Å². The first-order valence-electron chi connectivity index (χ1n) is 7.18. The molecule has 1 fully saturated rings. The lowest BCUT2D eigenvalue weighted by Crippen LogP contribution is -2.49. The van der Waals surface area contributed by atoms with Crippen LogP contribution in [0.15, 0.2) is 24.3 Å². The van der Waals surface area contributed by atoms with Crippen molar-refractivity contribution in [2.75, 3.05) is 33.2 Å². The van der Waals surface area contributed by atoms with Gasteiger partial charge in [0.2, 0.25) is 5.91 Å². The van der Waals surface area contributed by atoms with Gasteiger partial charge < -0.3 is 4.90 Å². The SMILES string of the molecule is CCCc1ccc(C(=O)CN2CCN(C)C(=O)C2)cc1. The third-order valence-electron chi connectivity index (χ3n) is 3.72. The van der Waals surface area contributed by atoms with Crippen molar-refractivity contribution >= 4 is 11.7 Å². The van der Waals surface area contributed by atoms with Crippen LogP contribution in [-0.4, -0.2) is 54.7 Å². The fourth-order valence-electron chi connectivity index (χ4n) is 2.38. The number of likely N-dealkylation sites (N-methyl/N-ethyl adjacent to an activating group) is 1. The van der Waals surface area contributed by atoms with Gasteiger partial charge in [-0.1, -0.05) is 37.6 Å². The van der Waals surface area contributed by atoms with Crippen LogP contribution in [0.25, 0.3) is 0 Å². The van der Waals surface area contributed by atoms with Crippen molar-refractivity contribution in [3.63, 3.8) is 0 Å². The number of nitrogens with zero attached hydrogens (tertiary/aromatic N) is 2. The van der Waals surface area contributed by atoms with Gasteiger partial charge in [0.15, 0.2) is 5.78 Å². The minimum absolute atomic E-state index is 0.0855. The largest absolute Gasteiger partial charge is 0.343 e. The van der Waals surface area contributed by atoms with Gasteiger partial charge in [-0.05, 0) is 12.0 Å². The molecule has 0 aromatic heterocycles. The standard InChI is InChI=1S/C16H22N2O2/c1-3-4-13-5-7-14(8-6-13)15(19)11-18-10-9-17(2)16(20)12-18/h5-8H,3-4,9-12H2,1-2H3. The Balaban J connectivity index is 1.93. The van der Waals surface area contributed by atoms with Gasteiger partial charge in [0.1, 0.15) is 0 Å². The summed E-state index contributed by atoms with van der Waals surface area (Å²) in [6, 6.07) is 7.83. The van der Waals surface area contributed by atoms with Crippen LogP contribution < -0.4 is 0 Å². The van der Waals surface area contributed by atoms with E-state index in [1.54, 1.807) is 11.9 Å². The van der Waals surface area contributed by atoms with Gasteiger partial charge in [-0.15, -0.1) is 0 Å². The molecule has 1 heterocycles. The number of aryl methyl sites for hydroxylation is 1.